The molecular weight excluding hydrogens is 270 g/mol. The molecule has 3 nitrogen and oxygen atoms in total. The van der Waals surface area contributed by atoms with Crippen molar-refractivity contribution in [3.8, 4) is 0 Å². The third-order valence-electron chi connectivity index (χ3n) is 3.21. The minimum Gasteiger partial charge on any atom is -0.399 e. The molecule has 0 fully saturated rings. The SMILES string of the molecule is Cc1cccc(CS(=O)(=O)CCc2ccccc2N)c1. The first-order valence-electron chi connectivity index (χ1n) is 6.56. The van der Waals surface area contributed by atoms with Crippen molar-refractivity contribution in [2.75, 3.05) is 11.5 Å². The van der Waals surface area contributed by atoms with Crippen LogP contribution in [-0.4, -0.2) is 14.2 Å². The van der Waals surface area contributed by atoms with E-state index in [1.165, 1.54) is 0 Å². The van der Waals surface area contributed by atoms with E-state index in [1.807, 2.05) is 49.4 Å². The number of rotatable bonds is 5. The van der Waals surface area contributed by atoms with Crippen molar-refractivity contribution >= 4 is 15.5 Å². The number of sulfone groups is 1. The second-order valence-corrected chi connectivity index (χ2v) is 7.21. The highest BCUT2D eigenvalue weighted by molar-refractivity contribution is 7.90. The molecule has 2 rings (SSSR count). The zero-order valence-corrected chi connectivity index (χ0v) is 12.4. The summed E-state index contributed by atoms with van der Waals surface area (Å²) in [6, 6.07) is 15.0. The van der Waals surface area contributed by atoms with E-state index in [1.54, 1.807) is 6.07 Å². The number of anilines is 1. The van der Waals surface area contributed by atoms with Gasteiger partial charge in [0.1, 0.15) is 0 Å². The lowest BCUT2D eigenvalue weighted by Crippen LogP contribution is -2.12. The molecule has 0 atom stereocenters. The molecular formula is C16H19NO2S. The maximum absolute atomic E-state index is 12.2. The Hall–Kier alpha value is -1.81. The van der Waals surface area contributed by atoms with Gasteiger partial charge < -0.3 is 5.73 Å². The number of hydrogen-bond donors (Lipinski definition) is 1. The van der Waals surface area contributed by atoms with Crippen molar-refractivity contribution in [3.05, 3.63) is 65.2 Å². The Morgan fingerprint density at radius 3 is 2.50 bits per heavy atom. The number of nitrogens with two attached hydrogens (primary N) is 1. The molecule has 0 aliphatic carbocycles. The van der Waals surface area contributed by atoms with Gasteiger partial charge in [-0.05, 0) is 30.5 Å². The molecule has 4 heteroatoms. The Morgan fingerprint density at radius 1 is 1.05 bits per heavy atom. The monoisotopic (exact) mass is 289 g/mol. The largest absolute Gasteiger partial charge is 0.399 e. The predicted octanol–water partition coefficient (Wildman–Crippen LogP) is 2.73. The van der Waals surface area contributed by atoms with Gasteiger partial charge in [0.2, 0.25) is 0 Å². The molecule has 0 radical (unpaired) electrons. The van der Waals surface area contributed by atoms with E-state index in [9.17, 15) is 8.42 Å². The van der Waals surface area contributed by atoms with Crippen LogP contribution in [-0.2, 0) is 22.0 Å². The summed E-state index contributed by atoms with van der Waals surface area (Å²) in [5.74, 6) is 0.205. The number of nitrogen functional groups attached to an aromatic ring is 1. The first kappa shape index (κ1) is 14.6. The van der Waals surface area contributed by atoms with Gasteiger partial charge >= 0.3 is 0 Å². The molecule has 106 valence electrons. The summed E-state index contributed by atoms with van der Waals surface area (Å²) >= 11 is 0. The lowest BCUT2D eigenvalue weighted by molar-refractivity contribution is 0.594. The lowest BCUT2D eigenvalue weighted by atomic mass is 10.1. The van der Waals surface area contributed by atoms with E-state index in [0.717, 1.165) is 16.7 Å². The molecule has 20 heavy (non-hydrogen) atoms. The molecule has 0 amide bonds. The van der Waals surface area contributed by atoms with E-state index in [4.69, 9.17) is 5.73 Å². The maximum Gasteiger partial charge on any atom is 0.154 e. The van der Waals surface area contributed by atoms with E-state index in [-0.39, 0.29) is 11.5 Å². The minimum atomic E-state index is -3.12. The fraction of sp³-hybridized carbons (Fsp3) is 0.250. The smallest absolute Gasteiger partial charge is 0.154 e. The summed E-state index contributed by atoms with van der Waals surface area (Å²) in [5.41, 5.74) is 9.28. The van der Waals surface area contributed by atoms with E-state index in [2.05, 4.69) is 0 Å². The van der Waals surface area contributed by atoms with Crippen LogP contribution < -0.4 is 5.73 Å². The van der Waals surface area contributed by atoms with Crippen molar-refractivity contribution < 1.29 is 8.42 Å². The molecule has 0 bridgehead atoms. The summed E-state index contributed by atoms with van der Waals surface area (Å²) in [4.78, 5) is 0. The van der Waals surface area contributed by atoms with Gasteiger partial charge in [-0.3, -0.25) is 0 Å². The third kappa shape index (κ3) is 4.10. The molecule has 0 aliphatic rings. The van der Waals surface area contributed by atoms with Crippen molar-refractivity contribution in [1.82, 2.24) is 0 Å². The van der Waals surface area contributed by atoms with Crippen LogP contribution in [0.15, 0.2) is 48.5 Å². The van der Waals surface area contributed by atoms with Crippen LogP contribution in [0.4, 0.5) is 5.69 Å². The third-order valence-corrected chi connectivity index (χ3v) is 4.81. The molecule has 0 aliphatic heterocycles. The molecule has 0 spiro atoms. The average Bonchev–Trinajstić information content (AvgIpc) is 2.37. The molecule has 0 saturated heterocycles. The van der Waals surface area contributed by atoms with Crippen LogP contribution in [0.3, 0.4) is 0 Å². The van der Waals surface area contributed by atoms with Crippen LogP contribution in [0.1, 0.15) is 16.7 Å². The van der Waals surface area contributed by atoms with Gasteiger partial charge in [0.05, 0.1) is 11.5 Å². The second-order valence-electron chi connectivity index (χ2n) is 5.03. The van der Waals surface area contributed by atoms with Crippen LogP contribution in [0.5, 0.6) is 0 Å². The van der Waals surface area contributed by atoms with E-state index < -0.39 is 9.84 Å². The van der Waals surface area contributed by atoms with E-state index >= 15 is 0 Å². The topological polar surface area (TPSA) is 60.2 Å². The highest BCUT2D eigenvalue weighted by atomic mass is 32.2. The Bertz CT molecular complexity index is 693. The zero-order chi connectivity index (χ0) is 14.6. The Labute approximate surface area is 120 Å². The second kappa shape index (κ2) is 6.09. The zero-order valence-electron chi connectivity index (χ0n) is 11.5. The predicted molar refractivity (Wildman–Crippen MR) is 83.2 cm³/mol. The quantitative estimate of drug-likeness (QED) is 0.861. The lowest BCUT2D eigenvalue weighted by Gasteiger charge is -2.07. The van der Waals surface area contributed by atoms with E-state index in [0.29, 0.717) is 12.1 Å². The summed E-state index contributed by atoms with van der Waals surface area (Å²) in [6.45, 7) is 1.96. The molecule has 0 heterocycles. The summed E-state index contributed by atoms with van der Waals surface area (Å²) in [5, 5.41) is 0. The molecule has 2 N–H and O–H groups in total. The molecule has 2 aromatic carbocycles. The standard InChI is InChI=1S/C16H19NO2S/c1-13-5-4-6-14(11-13)12-20(18,19)10-9-15-7-2-3-8-16(15)17/h2-8,11H,9-10,12,17H2,1H3. The summed E-state index contributed by atoms with van der Waals surface area (Å²) < 4.78 is 24.3. The minimum absolute atomic E-state index is 0.0847. The first-order valence-corrected chi connectivity index (χ1v) is 8.38. The van der Waals surface area contributed by atoms with Crippen LogP contribution >= 0.6 is 0 Å². The van der Waals surface area contributed by atoms with Gasteiger partial charge in [0, 0.05) is 5.69 Å². The van der Waals surface area contributed by atoms with Crippen molar-refractivity contribution in [3.63, 3.8) is 0 Å². The van der Waals surface area contributed by atoms with Crippen molar-refractivity contribution in [1.29, 1.82) is 0 Å². The van der Waals surface area contributed by atoms with Gasteiger partial charge in [-0.25, -0.2) is 8.42 Å². The Kier molecular flexibility index (Phi) is 4.45. The number of para-hydroxylation sites is 1. The normalized spacial score (nSPS) is 11.4. The van der Waals surface area contributed by atoms with Gasteiger partial charge in [-0.1, -0.05) is 48.0 Å². The highest BCUT2D eigenvalue weighted by Crippen LogP contribution is 2.14. The Morgan fingerprint density at radius 2 is 1.80 bits per heavy atom. The average molecular weight is 289 g/mol. The molecule has 0 saturated carbocycles. The number of aryl methyl sites for hydroxylation is 2. The van der Waals surface area contributed by atoms with Crippen LogP contribution in [0.2, 0.25) is 0 Å². The summed E-state index contributed by atoms with van der Waals surface area (Å²) in [7, 11) is -3.12. The summed E-state index contributed by atoms with van der Waals surface area (Å²) in [6.07, 6.45) is 0.459. The first-order chi connectivity index (χ1) is 9.46. The van der Waals surface area contributed by atoms with Gasteiger partial charge in [0.25, 0.3) is 0 Å². The van der Waals surface area contributed by atoms with Gasteiger partial charge in [-0.2, -0.15) is 0 Å². The fourth-order valence-corrected chi connectivity index (χ4v) is 3.52. The van der Waals surface area contributed by atoms with Gasteiger partial charge in [0.15, 0.2) is 9.84 Å². The fourth-order valence-electron chi connectivity index (χ4n) is 2.16. The van der Waals surface area contributed by atoms with Gasteiger partial charge in [-0.15, -0.1) is 0 Å². The van der Waals surface area contributed by atoms with Crippen molar-refractivity contribution in [2.45, 2.75) is 19.1 Å². The van der Waals surface area contributed by atoms with Crippen LogP contribution in [0, 0.1) is 6.92 Å². The molecule has 0 aromatic heterocycles. The number of benzene rings is 2. The highest BCUT2D eigenvalue weighted by Gasteiger charge is 2.13. The molecule has 2 aromatic rings. The number of hydrogen-bond acceptors (Lipinski definition) is 3. The van der Waals surface area contributed by atoms with Crippen LogP contribution in [0.25, 0.3) is 0 Å². The molecule has 0 unspecified atom stereocenters. The van der Waals surface area contributed by atoms with Crippen molar-refractivity contribution in [2.24, 2.45) is 0 Å². The maximum atomic E-state index is 12.2. The Balaban J connectivity index is 2.03.